The predicted octanol–water partition coefficient (Wildman–Crippen LogP) is 3.52. The van der Waals surface area contributed by atoms with Crippen molar-refractivity contribution in [2.45, 2.75) is 62.7 Å². The number of thiazole rings is 1. The first kappa shape index (κ1) is 20.6. The molecule has 0 saturated carbocycles. The average molecular weight is 380 g/mol. The number of esters is 1. The summed E-state index contributed by atoms with van der Waals surface area (Å²) < 4.78 is 21.6. The van der Waals surface area contributed by atoms with Crippen LogP contribution in [0, 0.1) is 6.92 Å². The zero-order valence-electron chi connectivity index (χ0n) is 14.7. The Morgan fingerprint density at radius 3 is 2.43 bits per heavy atom. The van der Waals surface area contributed by atoms with E-state index >= 15 is 0 Å². The molecule has 1 atom stereocenters. The van der Waals surface area contributed by atoms with Crippen LogP contribution in [0.2, 0.25) is 0 Å². The van der Waals surface area contributed by atoms with Crippen molar-refractivity contribution in [1.29, 1.82) is 0 Å². The Labute approximate surface area is 149 Å². The van der Waals surface area contributed by atoms with E-state index in [1.54, 1.807) is 11.3 Å². The maximum atomic E-state index is 12.3. The molecule has 0 bridgehead atoms. The highest BCUT2D eigenvalue weighted by molar-refractivity contribution is 8.03. The van der Waals surface area contributed by atoms with Crippen LogP contribution in [0.1, 0.15) is 45.2 Å². The largest absolute Gasteiger partial charge is 0.459 e. The van der Waals surface area contributed by atoms with Gasteiger partial charge in [0, 0.05) is 17.6 Å². The molecule has 5 nitrogen and oxygen atoms in total. The van der Waals surface area contributed by atoms with Gasteiger partial charge in [-0.3, -0.25) is 8.98 Å². The Morgan fingerprint density at radius 1 is 1.30 bits per heavy atom. The zero-order valence-corrected chi connectivity index (χ0v) is 17.2. The van der Waals surface area contributed by atoms with Crippen LogP contribution in [-0.2, 0) is 31.2 Å². The van der Waals surface area contributed by atoms with E-state index in [1.165, 1.54) is 18.0 Å². The Kier molecular flexibility index (Phi) is 7.25. The SMILES string of the molecule is Cc1sc(SC(C)(C)C(=O)OC(C)(C)C)nc1CCOS(C)=O. The second kappa shape index (κ2) is 8.09. The van der Waals surface area contributed by atoms with E-state index in [0.717, 1.165) is 14.9 Å². The molecule has 0 fully saturated rings. The molecule has 0 aliphatic heterocycles. The molecule has 1 heterocycles. The maximum absolute atomic E-state index is 12.3. The lowest BCUT2D eigenvalue weighted by Crippen LogP contribution is -2.36. The van der Waals surface area contributed by atoms with Crippen molar-refractivity contribution in [2.75, 3.05) is 12.9 Å². The monoisotopic (exact) mass is 379 g/mol. The van der Waals surface area contributed by atoms with Gasteiger partial charge < -0.3 is 4.74 Å². The summed E-state index contributed by atoms with van der Waals surface area (Å²) >= 11 is 1.69. The third kappa shape index (κ3) is 7.32. The van der Waals surface area contributed by atoms with E-state index in [0.29, 0.717) is 13.0 Å². The van der Waals surface area contributed by atoms with E-state index in [4.69, 9.17) is 8.92 Å². The normalized spacial score (nSPS) is 13.9. The fourth-order valence-corrected chi connectivity index (χ4v) is 4.48. The molecule has 0 spiro atoms. The molecular weight excluding hydrogens is 354 g/mol. The van der Waals surface area contributed by atoms with Gasteiger partial charge in [0.1, 0.15) is 10.3 Å². The smallest absolute Gasteiger partial charge is 0.322 e. The summed E-state index contributed by atoms with van der Waals surface area (Å²) in [4.78, 5) is 18.0. The van der Waals surface area contributed by atoms with Gasteiger partial charge in [-0.05, 0) is 41.5 Å². The van der Waals surface area contributed by atoms with Crippen molar-refractivity contribution < 1.29 is 17.9 Å². The molecule has 1 unspecified atom stereocenters. The van der Waals surface area contributed by atoms with Crippen LogP contribution in [0.25, 0.3) is 0 Å². The number of carbonyl (C=O) groups excluding carboxylic acids is 1. The van der Waals surface area contributed by atoms with Crippen LogP contribution in [0.5, 0.6) is 0 Å². The van der Waals surface area contributed by atoms with Crippen molar-refractivity contribution >= 4 is 40.1 Å². The van der Waals surface area contributed by atoms with Gasteiger partial charge in [-0.1, -0.05) is 11.8 Å². The van der Waals surface area contributed by atoms with Crippen LogP contribution in [0.4, 0.5) is 0 Å². The number of hydrogen-bond acceptors (Lipinski definition) is 7. The quantitative estimate of drug-likeness (QED) is 0.533. The van der Waals surface area contributed by atoms with Crippen LogP contribution >= 0.6 is 23.1 Å². The standard InChI is InChI=1S/C15H25NO4S3/c1-10-11(8-9-19-23(7)18)16-13(21-10)22-15(5,6)12(17)20-14(2,3)4/h8-9H2,1-7H3. The molecule has 1 aromatic heterocycles. The van der Waals surface area contributed by atoms with Crippen molar-refractivity contribution in [3.63, 3.8) is 0 Å². The topological polar surface area (TPSA) is 65.5 Å². The van der Waals surface area contributed by atoms with E-state index in [1.807, 2.05) is 41.5 Å². The first-order valence-electron chi connectivity index (χ1n) is 7.26. The predicted molar refractivity (Wildman–Crippen MR) is 96.4 cm³/mol. The minimum atomic E-state index is -1.26. The lowest BCUT2D eigenvalue weighted by Gasteiger charge is -2.27. The summed E-state index contributed by atoms with van der Waals surface area (Å²) in [6.07, 6.45) is 2.11. The van der Waals surface area contributed by atoms with Gasteiger partial charge in [0.05, 0.1) is 12.3 Å². The molecule has 23 heavy (non-hydrogen) atoms. The van der Waals surface area contributed by atoms with Gasteiger partial charge in [0.2, 0.25) is 0 Å². The third-order valence-corrected chi connectivity index (χ3v) is 5.44. The lowest BCUT2D eigenvalue weighted by molar-refractivity contribution is -0.156. The second-order valence-electron chi connectivity index (χ2n) is 6.57. The lowest BCUT2D eigenvalue weighted by atomic mass is 10.1. The molecule has 0 aliphatic carbocycles. The van der Waals surface area contributed by atoms with Crippen LogP contribution < -0.4 is 0 Å². The minimum Gasteiger partial charge on any atom is -0.459 e. The molecule has 1 aromatic rings. The van der Waals surface area contributed by atoms with Gasteiger partial charge in [-0.2, -0.15) is 0 Å². The third-order valence-electron chi connectivity index (χ3n) is 2.69. The Bertz CT molecular complexity index is 576. The summed E-state index contributed by atoms with van der Waals surface area (Å²) in [6.45, 7) is 11.6. The Hall–Kier alpha value is -0.440. The van der Waals surface area contributed by atoms with Crippen LogP contribution in [0.15, 0.2) is 4.34 Å². The van der Waals surface area contributed by atoms with Gasteiger partial charge in [0.25, 0.3) is 0 Å². The van der Waals surface area contributed by atoms with Crippen LogP contribution in [-0.4, -0.2) is 38.4 Å². The summed E-state index contributed by atoms with van der Waals surface area (Å²) in [5.74, 6) is -0.255. The number of thioether (sulfide) groups is 1. The molecule has 0 N–H and O–H groups in total. The number of carbonyl (C=O) groups is 1. The molecule has 1 rings (SSSR count). The first-order valence-corrected chi connectivity index (χ1v) is 10.4. The molecule has 0 saturated heterocycles. The highest BCUT2D eigenvalue weighted by Crippen LogP contribution is 2.37. The van der Waals surface area contributed by atoms with Gasteiger partial charge in [0.15, 0.2) is 15.4 Å². The van der Waals surface area contributed by atoms with Crippen molar-refractivity contribution in [2.24, 2.45) is 0 Å². The average Bonchev–Trinajstić information content (AvgIpc) is 2.66. The molecular formula is C15H25NO4S3. The minimum absolute atomic E-state index is 0.255. The summed E-state index contributed by atoms with van der Waals surface area (Å²) in [5.41, 5.74) is 0.411. The molecule has 0 radical (unpaired) electrons. The fourth-order valence-electron chi connectivity index (χ4n) is 1.59. The first-order chi connectivity index (χ1) is 10.4. The van der Waals surface area contributed by atoms with Crippen molar-refractivity contribution in [3.05, 3.63) is 10.6 Å². The second-order valence-corrected chi connectivity index (χ2v) is 10.7. The van der Waals surface area contributed by atoms with Crippen molar-refractivity contribution in [1.82, 2.24) is 4.98 Å². The summed E-state index contributed by atoms with van der Waals surface area (Å²) in [5, 5.41) is 0. The van der Waals surface area contributed by atoms with Gasteiger partial charge in [-0.25, -0.2) is 9.19 Å². The molecule has 8 heteroatoms. The van der Waals surface area contributed by atoms with E-state index in [2.05, 4.69) is 4.98 Å². The van der Waals surface area contributed by atoms with Crippen LogP contribution in [0.3, 0.4) is 0 Å². The number of aryl methyl sites for hydroxylation is 1. The number of hydrogen-bond donors (Lipinski definition) is 0. The molecule has 132 valence electrons. The molecule has 0 amide bonds. The maximum Gasteiger partial charge on any atom is 0.322 e. The fraction of sp³-hybridized carbons (Fsp3) is 0.733. The number of nitrogens with zero attached hydrogens (tertiary/aromatic N) is 1. The number of rotatable bonds is 7. The summed E-state index contributed by atoms with van der Waals surface area (Å²) in [6, 6.07) is 0. The Balaban J connectivity index is 2.73. The molecule has 0 aromatic carbocycles. The highest BCUT2D eigenvalue weighted by atomic mass is 32.2. The summed E-state index contributed by atoms with van der Waals surface area (Å²) in [7, 11) is 0. The van der Waals surface area contributed by atoms with E-state index in [-0.39, 0.29) is 5.97 Å². The zero-order chi connectivity index (χ0) is 17.8. The molecule has 0 aliphatic rings. The van der Waals surface area contributed by atoms with E-state index < -0.39 is 21.4 Å². The van der Waals surface area contributed by atoms with Gasteiger partial charge in [-0.15, -0.1) is 11.3 Å². The van der Waals surface area contributed by atoms with E-state index in [9.17, 15) is 9.00 Å². The Morgan fingerprint density at radius 2 is 1.91 bits per heavy atom. The highest BCUT2D eigenvalue weighted by Gasteiger charge is 2.34. The number of aromatic nitrogens is 1. The van der Waals surface area contributed by atoms with Crippen molar-refractivity contribution in [3.8, 4) is 0 Å². The van der Waals surface area contributed by atoms with Gasteiger partial charge >= 0.3 is 5.97 Å². The number of ether oxygens (including phenoxy) is 1.